The number of hydrogen-bond acceptors (Lipinski definition) is 2. The summed E-state index contributed by atoms with van der Waals surface area (Å²) in [4.78, 5) is 11.0. The Labute approximate surface area is 67.3 Å². The van der Waals surface area contributed by atoms with Gasteiger partial charge in [0, 0.05) is 13.1 Å². The van der Waals surface area contributed by atoms with Crippen molar-refractivity contribution in [2.24, 2.45) is 17.1 Å². The standard InChI is InChI=1S/C8H16N2O/c1-3-8(2)5-10-4-6(8)7(9)11/h6,10H,3-5H2,1-2H3,(H2,9,11). The third-order valence-electron chi connectivity index (χ3n) is 2.87. The second kappa shape index (κ2) is 2.81. The Morgan fingerprint density at radius 3 is 2.82 bits per heavy atom. The minimum absolute atomic E-state index is 0.0208. The van der Waals surface area contributed by atoms with E-state index in [0.29, 0.717) is 0 Å². The average molecular weight is 156 g/mol. The molecule has 1 aliphatic heterocycles. The van der Waals surface area contributed by atoms with E-state index in [9.17, 15) is 4.79 Å². The quantitative estimate of drug-likeness (QED) is 0.596. The van der Waals surface area contributed by atoms with Crippen molar-refractivity contribution in [1.82, 2.24) is 5.32 Å². The number of carbonyl (C=O) groups excluding carboxylic acids is 1. The highest BCUT2D eigenvalue weighted by molar-refractivity contribution is 5.78. The molecule has 3 heteroatoms. The third-order valence-corrected chi connectivity index (χ3v) is 2.87. The lowest BCUT2D eigenvalue weighted by molar-refractivity contribution is -0.124. The molecule has 11 heavy (non-hydrogen) atoms. The Morgan fingerprint density at radius 2 is 2.45 bits per heavy atom. The zero-order valence-electron chi connectivity index (χ0n) is 7.18. The molecule has 1 heterocycles. The molecule has 1 fully saturated rings. The van der Waals surface area contributed by atoms with Crippen LogP contribution < -0.4 is 11.1 Å². The molecule has 3 nitrogen and oxygen atoms in total. The van der Waals surface area contributed by atoms with Gasteiger partial charge in [-0.05, 0) is 11.8 Å². The topological polar surface area (TPSA) is 55.1 Å². The number of hydrogen-bond donors (Lipinski definition) is 2. The second-order valence-electron chi connectivity index (χ2n) is 3.59. The van der Waals surface area contributed by atoms with E-state index in [0.717, 1.165) is 19.5 Å². The molecule has 2 atom stereocenters. The predicted molar refractivity (Wildman–Crippen MR) is 44.0 cm³/mol. The van der Waals surface area contributed by atoms with Gasteiger partial charge < -0.3 is 11.1 Å². The molecule has 64 valence electrons. The van der Waals surface area contributed by atoms with Gasteiger partial charge in [0.05, 0.1) is 5.92 Å². The molecule has 1 aliphatic rings. The van der Waals surface area contributed by atoms with Crippen LogP contribution >= 0.6 is 0 Å². The fourth-order valence-corrected chi connectivity index (χ4v) is 1.69. The van der Waals surface area contributed by atoms with Crippen LogP contribution in [-0.2, 0) is 4.79 Å². The summed E-state index contributed by atoms with van der Waals surface area (Å²) in [6, 6.07) is 0. The van der Waals surface area contributed by atoms with E-state index in [-0.39, 0.29) is 17.2 Å². The first-order valence-corrected chi connectivity index (χ1v) is 4.10. The first-order chi connectivity index (χ1) is 5.10. The van der Waals surface area contributed by atoms with E-state index in [4.69, 9.17) is 5.73 Å². The largest absolute Gasteiger partial charge is 0.369 e. The van der Waals surface area contributed by atoms with E-state index in [1.165, 1.54) is 0 Å². The molecule has 0 aliphatic carbocycles. The maximum Gasteiger partial charge on any atom is 0.222 e. The van der Waals surface area contributed by atoms with Crippen molar-refractivity contribution in [3.05, 3.63) is 0 Å². The highest BCUT2D eigenvalue weighted by atomic mass is 16.1. The van der Waals surface area contributed by atoms with Crippen LogP contribution in [-0.4, -0.2) is 19.0 Å². The maximum absolute atomic E-state index is 11.0. The van der Waals surface area contributed by atoms with E-state index < -0.39 is 0 Å². The predicted octanol–water partition coefficient (Wildman–Crippen LogP) is 0.107. The van der Waals surface area contributed by atoms with Gasteiger partial charge >= 0.3 is 0 Å². The van der Waals surface area contributed by atoms with Gasteiger partial charge in [0.1, 0.15) is 0 Å². The second-order valence-corrected chi connectivity index (χ2v) is 3.59. The summed E-state index contributed by atoms with van der Waals surface area (Å²) in [6.45, 7) is 5.88. The molecular formula is C8H16N2O. The van der Waals surface area contributed by atoms with Crippen molar-refractivity contribution >= 4 is 5.91 Å². The molecule has 0 aromatic carbocycles. The Balaban J connectivity index is 2.72. The summed E-state index contributed by atoms with van der Waals surface area (Å²) < 4.78 is 0. The van der Waals surface area contributed by atoms with Gasteiger partial charge in [-0.3, -0.25) is 4.79 Å². The highest BCUT2D eigenvalue weighted by Gasteiger charge is 2.40. The molecule has 0 radical (unpaired) electrons. The van der Waals surface area contributed by atoms with Gasteiger partial charge in [0.25, 0.3) is 0 Å². The van der Waals surface area contributed by atoms with E-state index >= 15 is 0 Å². The number of carbonyl (C=O) groups is 1. The molecule has 3 N–H and O–H groups in total. The number of amides is 1. The Kier molecular flexibility index (Phi) is 2.18. The Bertz CT molecular complexity index is 169. The lowest BCUT2D eigenvalue weighted by Crippen LogP contribution is -2.35. The monoisotopic (exact) mass is 156 g/mol. The van der Waals surface area contributed by atoms with Crippen LogP contribution in [0.2, 0.25) is 0 Å². The third kappa shape index (κ3) is 1.38. The highest BCUT2D eigenvalue weighted by Crippen LogP contribution is 2.33. The van der Waals surface area contributed by atoms with Crippen LogP contribution in [0.1, 0.15) is 20.3 Å². The van der Waals surface area contributed by atoms with E-state index in [1.54, 1.807) is 0 Å². The van der Waals surface area contributed by atoms with Gasteiger partial charge in [-0.2, -0.15) is 0 Å². The van der Waals surface area contributed by atoms with E-state index in [1.807, 2.05) is 0 Å². The summed E-state index contributed by atoms with van der Waals surface area (Å²) in [5.41, 5.74) is 5.36. The fraction of sp³-hybridized carbons (Fsp3) is 0.875. The normalized spacial score (nSPS) is 37.5. The minimum atomic E-state index is -0.167. The molecule has 1 saturated heterocycles. The molecule has 0 bridgehead atoms. The Morgan fingerprint density at radius 1 is 1.82 bits per heavy atom. The van der Waals surface area contributed by atoms with Crippen molar-refractivity contribution in [3.63, 3.8) is 0 Å². The van der Waals surface area contributed by atoms with Crippen molar-refractivity contribution in [2.45, 2.75) is 20.3 Å². The Hall–Kier alpha value is -0.570. The smallest absolute Gasteiger partial charge is 0.222 e. The molecule has 0 spiro atoms. The van der Waals surface area contributed by atoms with Crippen LogP contribution in [0.5, 0.6) is 0 Å². The van der Waals surface area contributed by atoms with Crippen LogP contribution in [0.15, 0.2) is 0 Å². The van der Waals surface area contributed by atoms with Gasteiger partial charge in [0.15, 0.2) is 0 Å². The van der Waals surface area contributed by atoms with Crippen molar-refractivity contribution in [1.29, 1.82) is 0 Å². The molecular weight excluding hydrogens is 140 g/mol. The molecule has 0 aromatic heterocycles. The molecule has 0 saturated carbocycles. The average Bonchev–Trinajstić information content (AvgIpc) is 2.32. The lowest BCUT2D eigenvalue weighted by Gasteiger charge is -2.26. The summed E-state index contributed by atoms with van der Waals surface area (Å²) in [5, 5.41) is 3.19. The number of rotatable bonds is 2. The summed E-state index contributed by atoms with van der Waals surface area (Å²) in [7, 11) is 0. The van der Waals surface area contributed by atoms with Crippen molar-refractivity contribution < 1.29 is 4.79 Å². The SMILES string of the molecule is CCC1(C)CNCC1C(N)=O. The van der Waals surface area contributed by atoms with Crippen LogP contribution in [0.25, 0.3) is 0 Å². The summed E-state index contributed by atoms with van der Waals surface area (Å²) >= 11 is 0. The van der Waals surface area contributed by atoms with Crippen LogP contribution in [0.3, 0.4) is 0 Å². The maximum atomic E-state index is 11.0. The molecule has 1 rings (SSSR count). The van der Waals surface area contributed by atoms with Crippen LogP contribution in [0.4, 0.5) is 0 Å². The minimum Gasteiger partial charge on any atom is -0.369 e. The zero-order chi connectivity index (χ0) is 8.48. The summed E-state index contributed by atoms with van der Waals surface area (Å²) in [5.74, 6) is -0.146. The van der Waals surface area contributed by atoms with Crippen molar-refractivity contribution in [3.8, 4) is 0 Å². The number of nitrogens with two attached hydrogens (primary N) is 1. The van der Waals surface area contributed by atoms with Gasteiger partial charge in [-0.1, -0.05) is 13.8 Å². The zero-order valence-corrected chi connectivity index (χ0v) is 7.18. The fourth-order valence-electron chi connectivity index (χ4n) is 1.69. The molecule has 1 amide bonds. The lowest BCUT2D eigenvalue weighted by atomic mass is 9.77. The first-order valence-electron chi connectivity index (χ1n) is 4.10. The van der Waals surface area contributed by atoms with Crippen molar-refractivity contribution in [2.75, 3.05) is 13.1 Å². The summed E-state index contributed by atoms with van der Waals surface area (Å²) in [6.07, 6.45) is 1.01. The van der Waals surface area contributed by atoms with Gasteiger partial charge in [-0.15, -0.1) is 0 Å². The first kappa shape index (κ1) is 8.53. The van der Waals surface area contributed by atoms with Crippen LogP contribution in [0, 0.1) is 11.3 Å². The molecule has 0 aromatic rings. The number of nitrogens with one attached hydrogen (secondary N) is 1. The van der Waals surface area contributed by atoms with Gasteiger partial charge in [-0.25, -0.2) is 0 Å². The molecule has 2 unspecified atom stereocenters. The van der Waals surface area contributed by atoms with Gasteiger partial charge in [0.2, 0.25) is 5.91 Å². The number of primary amides is 1. The van der Waals surface area contributed by atoms with E-state index in [2.05, 4.69) is 19.2 Å².